The molecule has 0 spiro atoms. The molecule has 2 aromatic rings. The van der Waals surface area contributed by atoms with E-state index in [4.69, 9.17) is 4.74 Å². The smallest absolute Gasteiger partial charge is 0.407 e. The molecule has 0 atom stereocenters. The van der Waals surface area contributed by atoms with Crippen LogP contribution in [-0.4, -0.2) is 58.3 Å². The highest BCUT2D eigenvalue weighted by Gasteiger charge is 2.37. The number of hydrogen-bond donors (Lipinski definition) is 2. The van der Waals surface area contributed by atoms with Gasteiger partial charge >= 0.3 is 6.09 Å². The quantitative estimate of drug-likeness (QED) is 0.416. The van der Waals surface area contributed by atoms with Gasteiger partial charge in [-0.25, -0.2) is 9.78 Å². The summed E-state index contributed by atoms with van der Waals surface area (Å²) in [5.41, 5.74) is 5.35. The third-order valence-electron chi connectivity index (χ3n) is 8.44. The van der Waals surface area contributed by atoms with Gasteiger partial charge < -0.3 is 25.0 Å². The van der Waals surface area contributed by atoms with E-state index >= 15 is 0 Å². The number of nitrogens with zero attached hydrogens (tertiary/aromatic N) is 3. The van der Waals surface area contributed by atoms with Crippen molar-refractivity contribution in [2.75, 3.05) is 18.6 Å². The average molecular weight is 563 g/mol. The average Bonchev–Trinajstić information content (AvgIpc) is 2.91. The second-order valence-electron chi connectivity index (χ2n) is 12.2. The maximum Gasteiger partial charge on any atom is 0.407 e. The Balaban J connectivity index is 1.60. The van der Waals surface area contributed by atoms with Crippen molar-refractivity contribution in [1.82, 2.24) is 15.2 Å². The molecule has 1 saturated carbocycles. The number of carbonyl (C=O) groups excluding carboxylic acids is 1. The zero-order chi connectivity index (χ0) is 29.7. The van der Waals surface area contributed by atoms with Crippen LogP contribution in [0, 0.1) is 6.92 Å². The summed E-state index contributed by atoms with van der Waals surface area (Å²) in [5.74, 6) is 0.461. The van der Waals surface area contributed by atoms with Crippen molar-refractivity contribution >= 4 is 17.7 Å². The lowest BCUT2D eigenvalue weighted by molar-refractivity contribution is 0.0545. The first-order valence-electron chi connectivity index (χ1n) is 14.9. The molecule has 1 aliphatic carbocycles. The largest absolute Gasteiger partial charge is 0.481 e. The zero-order valence-electron chi connectivity index (χ0n) is 25.5. The van der Waals surface area contributed by atoms with Crippen LogP contribution in [0.4, 0.5) is 10.5 Å². The van der Waals surface area contributed by atoms with Crippen LogP contribution in [0.5, 0.6) is 5.88 Å². The van der Waals surface area contributed by atoms with Gasteiger partial charge in [0.15, 0.2) is 0 Å². The van der Waals surface area contributed by atoms with Gasteiger partial charge in [0.25, 0.3) is 5.91 Å². The van der Waals surface area contributed by atoms with Gasteiger partial charge in [-0.15, -0.1) is 0 Å². The molecule has 8 nitrogen and oxygen atoms in total. The van der Waals surface area contributed by atoms with Crippen LogP contribution in [0.2, 0.25) is 0 Å². The lowest BCUT2D eigenvalue weighted by Crippen LogP contribution is -2.53. The van der Waals surface area contributed by atoms with Gasteiger partial charge in [-0.2, -0.15) is 0 Å². The van der Waals surface area contributed by atoms with E-state index in [9.17, 15) is 14.7 Å². The molecule has 1 aromatic heterocycles. The normalized spacial score (nSPS) is 20.4. The van der Waals surface area contributed by atoms with Crippen molar-refractivity contribution in [3.05, 3.63) is 64.4 Å². The van der Waals surface area contributed by atoms with E-state index in [0.29, 0.717) is 24.4 Å². The molecule has 0 unspecified atom stereocenters. The van der Waals surface area contributed by atoms with Crippen molar-refractivity contribution in [2.45, 2.75) is 104 Å². The van der Waals surface area contributed by atoms with Gasteiger partial charge in [0.2, 0.25) is 5.88 Å². The molecule has 0 bridgehead atoms. The summed E-state index contributed by atoms with van der Waals surface area (Å²) in [4.78, 5) is 34.3. The predicted molar refractivity (Wildman–Crippen MR) is 163 cm³/mol. The fourth-order valence-electron chi connectivity index (χ4n) is 6.65. The third kappa shape index (κ3) is 6.85. The molecule has 8 heteroatoms. The van der Waals surface area contributed by atoms with Crippen LogP contribution in [0.3, 0.4) is 0 Å². The first-order chi connectivity index (χ1) is 19.5. The summed E-state index contributed by atoms with van der Waals surface area (Å²) in [7, 11) is 1.62. The van der Waals surface area contributed by atoms with Crippen LogP contribution in [0.15, 0.2) is 36.4 Å². The number of aromatic nitrogens is 1. The molecule has 1 aromatic carbocycles. The summed E-state index contributed by atoms with van der Waals surface area (Å²) in [6.07, 6.45) is 9.43. The number of ether oxygens (including phenoxy) is 1. The molecule has 2 amide bonds. The van der Waals surface area contributed by atoms with Gasteiger partial charge in [-0.3, -0.25) is 4.79 Å². The topological polar surface area (TPSA) is 95.0 Å². The Labute approximate surface area is 244 Å². The number of benzene rings is 1. The number of allylic oxidation sites excluding steroid dienone is 2. The molecule has 4 rings (SSSR count). The molecule has 1 fully saturated rings. The summed E-state index contributed by atoms with van der Waals surface area (Å²) in [6.45, 7) is 11.2. The summed E-state index contributed by atoms with van der Waals surface area (Å²) in [6, 6.07) is 8.41. The van der Waals surface area contributed by atoms with Crippen molar-refractivity contribution in [1.29, 1.82) is 0 Å². The van der Waals surface area contributed by atoms with Crippen molar-refractivity contribution in [3.63, 3.8) is 0 Å². The zero-order valence-corrected chi connectivity index (χ0v) is 25.5. The number of hydrogen-bond acceptors (Lipinski definition) is 5. The van der Waals surface area contributed by atoms with E-state index in [2.05, 4.69) is 46.4 Å². The lowest BCUT2D eigenvalue weighted by atomic mass is 9.86. The Kier molecular flexibility index (Phi) is 9.61. The maximum atomic E-state index is 13.6. The summed E-state index contributed by atoms with van der Waals surface area (Å²) in [5, 5.41) is 13.1. The van der Waals surface area contributed by atoms with E-state index in [1.54, 1.807) is 12.0 Å². The fraction of sp³-hybridized carbons (Fsp3) is 0.545. The molecule has 1 aliphatic heterocycles. The summed E-state index contributed by atoms with van der Waals surface area (Å²) < 4.78 is 5.59. The second kappa shape index (κ2) is 13.0. The monoisotopic (exact) mass is 562 g/mol. The SMILES string of the molecule is CCN(c1cccc2c1C/C=C/CCc1cc(C)nc(OC)c1CNC2=O)[C@H]1CC[C@H](N(C(=O)O)C(C)(C)C)CC1. The van der Waals surface area contributed by atoms with Crippen LogP contribution in [0.25, 0.3) is 0 Å². The first kappa shape index (κ1) is 30.4. The Morgan fingerprint density at radius 1 is 1.12 bits per heavy atom. The Bertz CT molecular complexity index is 1270. The molecular formula is C33H46N4O4. The predicted octanol–water partition coefficient (Wildman–Crippen LogP) is 6.29. The van der Waals surface area contributed by atoms with Gasteiger partial charge in [0.1, 0.15) is 0 Å². The third-order valence-corrected chi connectivity index (χ3v) is 8.44. The standard InChI is InChI=1S/C33H46N4O4/c1-7-36(24-16-18-25(19-17-24)37(32(39)40)33(3,4)5)29-15-11-14-27-26(29)13-10-8-9-12-23-20-22(2)35-31(41-6)28(23)21-34-30(27)38/h8,10-11,14-15,20,24-25H,7,9,12-13,16-19,21H2,1-6H3,(H,34,38)(H,39,40)/b10-8+/t24-,25-. The summed E-state index contributed by atoms with van der Waals surface area (Å²) >= 11 is 0. The number of carboxylic acid groups (broad SMARTS) is 1. The van der Waals surface area contributed by atoms with E-state index in [1.807, 2.05) is 39.8 Å². The molecule has 41 heavy (non-hydrogen) atoms. The van der Waals surface area contributed by atoms with Crippen molar-refractivity contribution in [3.8, 4) is 5.88 Å². The number of rotatable bonds is 5. The Morgan fingerprint density at radius 3 is 2.46 bits per heavy atom. The van der Waals surface area contributed by atoms with Crippen LogP contribution in [0.1, 0.15) is 92.5 Å². The number of carbonyl (C=O) groups is 2. The number of amides is 2. The number of pyridine rings is 1. The van der Waals surface area contributed by atoms with Gasteiger partial charge in [-0.05, 0) is 109 Å². The van der Waals surface area contributed by atoms with Gasteiger partial charge in [-0.1, -0.05) is 18.2 Å². The number of anilines is 1. The number of fused-ring (bicyclic) bond motifs is 2. The molecular weight excluding hydrogens is 516 g/mol. The molecule has 0 saturated heterocycles. The molecule has 2 N–H and O–H groups in total. The molecule has 0 radical (unpaired) electrons. The van der Waals surface area contributed by atoms with E-state index < -0.39 is 11.6 Å². The van der Waals surface area contributed by atoms with E-state index in [1.165, 1.54) is 0 Å². The Hall–Kier alpha value is -3.55. The highest BCUT2D eigenvalue weighted by Crippen LogP contribution is 2.35. The number of aryl methyl sites for hydroxylation is 2. The second-order valence-corrected chi connectivity index (χ2v) is 12.2. The minimum atomic E-state index is -0.847. The minimum Gasteiger partial charge on any atom is -0.481 e. The molecule has 222 valence electrons. The van der Waals surface area contributed by atoms with Crippen LogP contribution in [-0.2, 0) is 19.4 Å². The van der Waals surface area contributed by atoms with E-state index in [-0.39, 0.29) is 18.0 Å². The fourth-order valence-corrected chi connectivity index (χ4v) is 6.65. The van der Waals surface area contributed by atoms with E-state index in [0.717, 1.165) is 73.1 Å². The van der Waals surface area contributed by atoms with Gasteiger partial charge in [0.05, 0.1) is 7.11 Å². The maximum absolute atomic E-state index is 13.6. The number of nitrogens with one attached hydrogen (secondary N) is 1. The molecule has 2 heterocycles. The highest BCUT2D eigenvalue weighted by molar-refractivity contribution is 5.97. The highest BCUT2D eigenvalue weighted by atomic mass is 16.5. The number of methoxy groups -OCH3 is 1. The Morgan fingerprint density at radius 2 is 1.83 bits per heavy atom. The molecule has 2 aliphatic rings. The van der Waals surface area contributed by atoms with Crippen molar-refractivity contribution in [2.24, 2.45) is 0 Å². The lowest BCUT2D eigenvalue weighted by Gasteiger charge is -2.45. The minimum absolute atomic E-state index is 0.0191. The van der Waals surface area contributed by atoms with Gasteiger partial charge in [0, 0.05) is 53.2 Å². The first-order valence-corrected chi connectivity index (χ1v) is 14.9. The van der Waals surface area contributed by atoms with Crippen molar-refractivity contribution < 1.29 is 19.4 Å². The van der Waals surface area contributed by atoms with Crippen LogP contribution < -0.4 is 15.0 Å². The van der Waals surface area contributed by atoms with Crippen LogP contribution >= 0.6 is 0 Å².